The molecule has 140 valence electrons. The van der Waals surface area contributed by atoms with E-state index >= 15 is 0 Å². The first-order chi connectivity index (χ1) is 12.9. The predicted octanol–water partition coefficient (Wildman–Crippen LogP) is 4.42. The van der Waals surface area contributed by atoms with E-state index in [1.54, 1.807) is 13.0 Å². The van der Waals surface area contributed by atoms with Gasteiger partial charge in [-0.15, -0.1) is 0 Å². The zero-order valence-corrected chi connectivity index (χ0v) is 16.0. The normalized spacial score (nSPS) is 14.4. The fourth-order valence-electron chi connectivity index (χ4n) is 2.46. The number of methoxy groups -OCH3 is 1. The van der Waals surface area contributed by atoms with E-state index in [9.17, 15) is 9.18 Å². The molecular formula is C22H23FN2O2. The molecular weight excluding hydrogens is 343 g/mol. The van der Waals surface area contributed by atoms with E-state index in [1.165, 1.54) is 19.4 Å². The van der Waals surface area contributed by atoms with E-state index < -0.39 is 5.83 Å². The maximum absolute atomic E-state index is 13.6. The molecule has 0 saturated heterocycles. The molecule has 0 unspecified atom stereocenters. The van der Waals surface area contributed by atoms with Crippen LogP contribution in [0.4, 0.5) is 10.1 Å². The number of ether oxygens (including phenoxy) is 1. The number of aliphatic imine (C=N–C) groups is 1. The van der Waals surface area contributed by atoms with Crippen LogP contribution >= 0.6 is 0 Å². The van der Waals surface area contributed by atoms with Crippen molar-refractivity contribution in [3.8, 4) is 11.8 Å². The van der Waals surface area contributed by atoms with E-state index in [-0.39, 0.29) is 12.5 Å². The van der Waals surface area contributed by atoms with Crippen molar-refractivity contribution in [1.29, 1.82) is 0 Å². The van der Waals surface area contributed by atoms with E-state index in [4.69, 9.17) is 4.74 Å². The molecule has 0 bridgehead atoms. The Morgan fingerprint density at radius 2 is 2.15 bits per heavy atom. The minimum atomic E-state index is -0.522. The molecule has 5 heteroatoms. The minimum Gasteiger partial charge on any atom is -0.500 e. The van der Waals surface area contributed by atoms with Crippen LogP contribution in [0.2, 0.25) is 0 Å². The summed E-state index contributed by atoms with van der Waals surface area (Å²) in [5.74, 6) is 4.89. The lowest BCUT2D eigenvalue weighted by atomic mass is 10.1. The van der Waals surface area contributed by atoms with Gasteiger partial charge in [-0.1, -0.05) is 18.1 Å². The topological polar surface area (TPSA) is 50.7 Å². The second-order valence-electron chi connectivity index (χ2n) is 6.09. The van der Waals surface area contributed by atoms with Gasteiger partial charge in [0.2, 0.25) is 0 Å². The SMILES string of the molecule is C/C=C(\C=NCC1=C(OC)CC#CC(F)=C1)C(=O)Nc1ccc(C)c(C)c1. The van der Waals surface area contributed by atoms with Gasteiger partial charge in [-0.05, 0) is 56.0 Å². The van der Waals surface area contributed by atoms with Gasteiger partial charge in [-0.3, -0.25) is 9.79 Å². The summed E-state index contributed by atoms with van der Waals surface area (Å²) >= 11 is 0. The monoisotopic (exact) mass is 366 g/mol. The molecule has 2 rings (SSSR count). The highest BCUT2D eigenvalue weighted by molar-refractivity contribution is 6.17. The summed E-state index contributed by atoms with van der Waals surface area (Å²) in [6, 6.07) is 5.74. The Hall–Kier alpha value is -3.13. The molecule has 27 heavy (non-hydrogen) atoms. The van der Waals surface area contributed by atoms with Gasteiger partial charge in [0.1, 0.15) is 5.76 Å². The van der Waals surface area contributed by atoms with Crippen LogP contribution in [0.5, 0.6) is 0 Å². The molecule has 1 aliphatic rings. The molecule has 0 spiro atoms. The number of carbonyl (C=O) groups is 1. The molecule has 4 nitrogen and oxygen atoms in total. The molecule has 1 aromatic rings. The minimum absolute atomic E-state index is 0.189. The zero-order chi connectivity index (χ0) is 19.8. The summed E-state index contributed by atoms with van der Waals surface area (Å²) in [6.07, 6.45) is 4.81. The highest BCUT2D eigenvalue weighted by Crippen LogP contribution is 2.17. The number of carbonyl (C=O) groups excluding carboxylic acids is 1. The lowest BCUT2D eigenvalue weighted by molar-refractivity contribution is -0.112. The molecule has 0 atom stereocenters. The van der Waals surface area contributed by atoms with Crippen molar-refractivity contribution < 1.29 is 13.9 Å². The second kappa shape index (κ2) is 9.54. The third-order valence-electron chi connectivity index (χ3n) is 4.19. The Labute approximate surface area is 159 Å². The Bertz CT molecular complexity index is 912. The number of rotatable bonds is 6. The Morgan fingerprint density at radius 3 is 2.81 bits per heavy atom. The summed E-state index contributed by atoms with van der Waals surface area (Å²) in [5, 5.41) is 2.86. The molecule has 1 aromatic carbocycles. The molecule has 0 radical (unpaired) electrons. The first-order valence-corrected chi connectivity index (χ1v) is 8.61. The highest BCUT2D eigenvalue weighted by Gasteiger charge is 2.10. The number of aryl methyl sites for hydroxylation is 2. The van der Waals surface area contributed by atoms with Crippen LogP contribution < -0.4 is 5.32 Å². The molecule has 0 saturated carbocycles. The predicted molar refractivity (Wildman–Crippen MR) is 107 cm³/mol. The van der Waals surface area contributed by atoms with Gasteiger partial charge in [0.25, 0.3) is 5.91 Å². The maximum Gasteiger partial charge on any atom is 0.256 e. The van der Waals surface area contributed by atoms with Crippen molar-refractivity contribution >= 4 is 17.8 Å². The van der Waals surface area contributed by atoms with Crippen molar-refractivity contribution in [1.82, 2.24) is 0 Å². The zero-order valence-electron chi connectivity index (χ0n) is 16.0. The summed E-state index contributed by atoms with van der Waals surface area (Å²) in [6.45, 7) is 5.96. The largest absolute Gasteiger partial charge is 0.500 e. The van der Waals surface area contributed by atoms with Crippen LogP contribution in [0.15, 0.2) is 58.1 Å². The molecule has 1 amide bonds. The first-order valence-electron chi connectivity index (χ1n) is 8.61. The summed E-state index contributed by atoms with van der Waals surface area (Å²) in [7, 11) is 1.52. The van der Waals surface area contributed by atoms with Gasteiger partial charge in [0.05, 0.1) is 25.6 Å². The Balaban J connectivity index is 2.07. The van der Waals surface area contributed by atoms with Crippen LogP contribution in [0, 0.1) is 25.7 Å². The van der Waals surface area contributed by atoms with Crippen molar-refractivity contribution in [2.75, 3.05) is 19.0 Å². The molecule has 1 aliphatic carbocycles. The van der Waals surface area contributed by atoms with Gasteiger partial charge in [0.15, 0.2) is 5.83 Å². The molecule has 1 N–H and O–H groups in total. The van der Waals surface area contributed by atoms with Crippen LogP contribution in [-0.4, -0.2) is 25.8 Å². The Kier molecular flexibility index (Phi) is 7.13. The number of anilines is 1. The number of halogens is 1. The van der Waals surface area contributed by atoms with Crippen LogP contribution in [-0.2, 0) is 9.53 Å². The third kappa shape index (κ3) is 5.68. The molecule has 0 heterocycles. The van der Waals surface area contributed by atoms with E-state index in [2.05, 4.69) is 22.2 Å². The number of benzene rings is 1. The van der Waals surface area contributed by atoms with Crippen molar-refractivity contribution in [2.45, 2.75) is 27.2 Å². The number of nitrogens with zero attached hydrogens (tertiary/aromatic N) is 1. The fourth-order valence-corrected chi connectivity index (χ4v) is 2.46. The average Bonchev–Trinajstić information content (AvgIpc) is 2.82. The Morgan fingerprint density at radius 1 is 1.37 bits per heavy atom. The standard InChI is InChI=1S/C22H23FN2O2/c1-5-17(22(26)25-20-10-9-15(2)16(3)11-20)13-24-14-18-12-19(23)7-6-8-21(18)27-4/h5,9-13H,8,14H2,1-4H3,(H,25,26)/b17-5+,24-13?. The van der Waals surface area contributed by atoms with Crippen LogP contribution in [0.3, 0.4) is 0 Å². The number of allylic oxidation sites excluding steroid dienone is 3. The third-order valence-corrected chi connectivity index (χ3v) is 4.19. The molecule has 0 fully saturated rings. The average molecular weight is 366 g/mol. The van der Waals surface area contributed by atoms with Gasteiger partial charge in [0, 0.05) is 17.5 Å². The van der Waals surface area contributed by atoms with Gasteiger partial charge in [-0.2, -0.15) is 4.39 Å². The summed E-state index contributed by atoms with van der Waals surface area (Å²) in [5.41, 5.74) is 4.00. The maximum atomic E-state index is 13.6. The number of hydrogen-bond acceptors (Lipinski definition) is 3. The highest BCUT2D eigenvalue weighted by atomic mass is 19.1. The number of hydrogen-bond donors (Lipinski definition) is 1. The smallest absolute Gasteiger partial charge is 0.256 e. The van der Waals surface area contributed by atoms with Crippen molar-refractivity contribution in [3.05, 3.63) is 64.2 Å². The number of nitrogens with one attached hydrogen (secondary N) is 1. The first kappa shape index (κ1) is 20.2. The number of amides is 1. The van der Waals surface area contributed by atoms with Crippen LogP contribution in [0.25, 0.3) is 0 Å². The lowest BCUT2D eigenvalue weighted by Crippen LogP contribution is -2.15. The van der Waals surface area contributed by atoms with Gasteiger partial charge >= 0.3 is 0 Å². The van der Waals surface area contributed by atoms with E-state index in [0.29, 0.717) is 23.3 Å². The van der Waals surface area contributed by atoms with Gasteiger partial charge < -0.3 is 10.1 Å². The van der Waals surface area contributed by atoms with Crippen molar-refractivity contribution in [2.24, 2.45) is 4.99 Å². The lowest BCUT2D eigenvalue weighted by Gasteiger charge is -2.08. The van der Waals surface area contributed by atoms with Crippen molar-refractivity contribution in [3.63, 3.8) is 0 Å². The van der Waals surface area contributed by atoms with Gasteiger partial charge in [-0.25, -0.2) is 0 Å². The summed E-state index contributed by atoms with van der Waals surface area (Å²) < 4.78 is 18.8. The quantitative estimate of drug-likeness (QED) is 0.460. The molecule has 0 aliphatic heterocycles. The molecule has 0 aromatic heterocycles. The van der Waals surface area contributed by atoms with E-state index in [0.717, 1.165) is 16.8 Å². The van der Waals surface area contributed by atoms with E-state index in [1.807, 2.05) is 32.0 Å². The van der Waals surface area contributed by atoms with Crippen LogP contribution in [0.1, 0.15) is 24.5 Å². The second-order valence-corrected chi connectivity index (χ2v) is 6.09. The summed E-state index contributed by atoms with van der Waals surface area (Å²) in [4.78, 5) is 16.7. The fraction of sp³-hybridized carbons (Fsp3) is 0.273.